The lowest BCUT2D eigenvalue weighted by Crippen LogP contribution is -2.55. The maximum Gasteiger partial charge on any atom is 0.258 e. The standard InChI is InChI=1S/C40H49F3N10O3/c41-29-3-2-27(12-32(29)56-20-35(55)47-6-5-46-34(54)17-39-13-24-8-25(14-39)10-26(9-24)15-39)30-11-28(19-53-23-51-36-37(44)49-22-50-38(36)53)31(18-48-30)52-7-1-4-40(45,21-52)16-33(42)43/h2-3,11-12,18,22-26,33H,1,4-10,13-17,19-21,45H2,(H,46,54)(H,47,55)(H2,44,49,50). The fourth-order valence-corrected chi connectivity index (χ4v) is 10.4. The summed E-state index contributed by atoms with van der Waals surface area (Å²) in [5, 5.41) is 5.71. The highest BCUT2D eigenvalue weighted by molar-refractivity contribution is 5.81. The van der Waals surface area contributed by atoms with Gasteiger partial charge in [0.1, 0.15) is 11.8 Å². The maximum absolute atomic E-state index is 15.0. The first kappa shape index (κ1) is 37.9. The summed E-state index contributed by atoms with van der Waals surface area (Å²) >= 11 is 0. The van der Waals surface area contributed by atoms with Crippen LogP contribution in [0.1, 0.15) is 69.8 Å². The van der Waals surface area contributed by atoms with Crippen molar-refractivity contribution in [3.05, 3.63) is 54.5 Å². The van der Waals surface area contributed by atoms with Crippen LogP contribution in [0, 0.1) is 29.0 Å². The molecule has 4 aromatic rings. The van der Waals surface area contributed by atoms with Gasteiger partial charge in [0.25, 0.3) is 5.91 Å². The summed E-state index contributed by atoms with van der Waals surface area (Å²) in [6, 6.07) is 6.13. The number of fused-ring (bicyclic) bond motifs is 1. The monoisotopic (exact) mass is 774 g/mol. The number of aromatic nitrogens is 5. The Morgan fingerprint density at radius 1 is 0.982 bits per heavy atom. The molecule has 6 N–H and O–H groups in total. The Kier molecular flexibility index (Phi) is 10.5. The lowest BCUT2D eigenvalue weighted by Gasteiger charge is -2.56. The second-order valence-corrected chi connectivity index (χ2v) is 16.7. The van der Waals surface area contributed by atoms with Crippen molar-refractivity contribution in [2.75, 3.05) is 43.4 Å². The zero-order valence-corrected chi connectivity index (χ0v) is 31.4. The number of alkyl halides is 2. The van der Waals surface area contributed by atoms with Gasteiger partial charge in [-0.3, -0.25) is 14.6 Å². The van der Waals surface area contributed by atoms with Crippen molar-refractivity contribution in [3.8, 4) is 17.0 Å². The number of carbonyl (C=O) groups excluding carboxylic acids is 2. The highest BCUT2D eigenvalue weighted by atomic mass is 19.3. The molecule has 5 aliphatic rings. The lowest BCUT2D eigenvalue weighted by molar-refractivity contribution is -0.129. The molecule has 56 heavy (non-hydrogen) atoms. The molecule has 1 aliphatic heterocycles. The van der Waals surface area contributed by atoms with E-state index in [1.165, 1.54) is 37.7 Å². The third-order valence-corrected chi connectivity index (χ3v) is 12.3. The SMILES string of the molecule is Nc1ncnc2c1ncn2Cc1cc(-c2ccc(F)c(OCC(=O)NCCNC(=O)CC34CC5CC(CC(C5)C3)C4)c2)ncc1N1CCCC(N)(CC(F)F)C1. The molecule has 5 fully saturated rings. The van der Waals surface area contributed by atoms with E-state index < -0.39 is 36.7 Å². The Hall–Kier alpha value is -4.99. The van der Waals surface area contributed by atoms with E-state index in [4.69, 9.17) is 21.2 Å². The number of nitrogens with two attached hydrogens (primary N) is 2. The van der Waals surface area contributed by atoms with Gasteiger partial charge in [-0.05, 0) is 104 Å². The third-order valence-electron chi connectivity index (χ3n) is 12.3. The largest absolute Gasteiger partial charge is 0.481 e. The van der Waals surface area contributed by atoms with Crippen molar-refractivity contribution in [1.82, 2.24) is 35.1 Å². The molecule has 0 radical (unpaired) electrons. The van der Waals surface area contributed by atoms with Gasteiger partial charge in [0.15, 0.2) is 29.6 Å². The number of halogens is 3. The van der Waals surface area contributed by atoms with E-state index in [2.05, 4.69) is 25.6 Å². The minimum absolute atomic E-state index is 0.0355. The molecule has 0 spiro atoms. The molecule has 1 atom stereocenters. The van der Waals surface area contributed by atoms with Crippen molar-refractivity contribution in [3.63, 3.8) is 0 Å². The van der Waals surface area contributed by atoms with E-state index in [0.29, 0.717) is 60.5 Å². The number of piperidine rings is 1. The number of anilines is 2. The van der Waals surface area contributed by atoms with Gasteiger partial charge in [0.2, 0.25) is 12.3 Å². The van der Waals surface area contributed by atoms with Crippen LogP contribution in [-0.4, -0.2) is 81.1 Å². The van der Waals surface area contributed by atoms with Gasteiger partial charge in [0.05, 0.1) is 30.5 Å². The summed E-state index contributed by atoms with van der Waals surface area (Å²) in [6.07, 6.45) is 10.8. The number of pyridine rings is 1. The number of carbonyl (C=O) groups is 2. The van der Waals surface area contributed by atoms with Gasteiger partial charge in [-0.1, -0.05) is 0 Å². The molecule has 298 valence electrons. The molecule has 1 saturated heterocycles. The topological polar surface area (TPSA) is 179 Å². The number of imidazole rings is 1. The minimum atomic E-state index is -2.53. The molecule has 16 heteroatoms. The number of amides is 2. The Morgan fingerprint density at radius 3 is 2.45 bits per heavy atom. The molecule has 2 amide bonds. The summed E-state index contributed by atoms with van der Waals surface area (Å²) in [5.74, 6) is 1.38. The van der Waals surface area contributed by atoms with E-state index in [-0.39, 0.29) is 42.5 Å². The van der Waals surface area contributed by atoms with Gasteiger partial charge >= 0.3 is 0 Å². The van der Waals surface area contributed by atoms with Crippen LogP contribution < -0.4 is 31.7 Å². The number of rotatable bonds is 14. The van der Waals surface area contributed by atoms with Crippen LogP contribution in [0.3, 0.4) is 0 Å². The number of nitrogens with one attached hydrogen (secondary N) is 2. The number of ether oxygens (including phenoxy) is 1. The molecule has 4 aliphatic carbocycles. The van der Waals surface area contributed by atoms with Crippen LogP contribution in [0.2, 0.25) is 0 Å². The average molecular weight is 775 g/mol. The highest BCUT2D eigenvalue weighted by Crippen LogP contribution is 2.61. The summed E-state index contributed by atoms with van der Waals surface area (Å²) in [7, 11) is 0. The van der Waals surface area contributed by atoms with E-state index in [1.54, 1.807) is 23.2 Å². The highest BCUT2D eigenvalue weighted by Gasteiger charge is 2.51. The van der Waals surface area contributed by atoms with Gasteiger partial charge in [-0.2, -0.15) is 0 Å². The number of nitrogen functional groups attached to an aromatic ring is 1. The smallest absolute Gasteiger partial charge is 0.258 e. The summed E-state index contributed by atoms with van der Waals surface area (Å²) in [6.45, 7) is 1.19. The average Bonchev–Trinajstić information content (AvgIpc) is 3.55. The van der Waals surface area contributed by atoms with Crippen LogP contribution in [0.4, 0.5) is 24.7 Å². The first-order valence-electron chi connectivity index (χ1n) is 19.6. The van der Waals surface area contributed by atoms with Crippen molar-refractivity contribution in [2.24, 2.45) is 28.9 Å². The number of hydrogen-bond acceptors (Lipinski definition) is 10. The molecule has 4 bridgehead atoms. The molecule has 1 unspecified atom stereocenters. The van der Waals surface area contributed by atoms with Crippen molar-refractivity contribution in [1.29, 1.82) is 0 Å². The van der Waals surface area contributed by atoms with Crippen LogP contribution in [0.15, 0.2) is 43.1 Å². The predicted octanol–water partition coefficient (Wildman–Crippen LogP) is 4.83. The van der Waals surface area contributed by atoms with Gasteiger partial charge in [-0.15, -0.1) is 0 Å². The van der Waals surface area contributed by atoms with Crippen LogP contribution in [0.25, 0.3) is 22.4 Å². The number of hydrogen-bond donors (Lipinski definition) is 4. The molecule has 9 rings (SSSR count). The summed E-state index contributed by atoms with van der Waals surface area (Å²) in [4.78, 5) is 45.0. The third kappa shape index (κ3) is 8.25. The second-order valence-electron chi connectivity index (χ2n) is 16.7. The van der Waals surface area contributed by atoms with E-state index in [1.807, 2.05) is 11.0 Å². The molecular formula is C40H49F3N10O3. The quantitative estimate of drug-likeness (QED) is 0.130. The normalized spacial score (nSPS) is 25.5. The van der Waals surface area contributed by atoms with Crippen molar-refractivity contribution in [2.45, 2.75) is 82.7 Å². The zero-order chi connectivity index (χ0) is 39.0. The van der Waals surface area contributed by atoms with Gasteiger partial charge < -0.3 is 36.3 Å². The van der Waals surface area contributed by atoms with Crippen LogP contribution >= 0.6 is 0 Å². The fourth-order valence-electron chi connectivity index (χ4n) is 10.4. The van der Waals surface area contributed by atoms with Gasteiger partial charge in [0, 0.05) is 50.1 Å². The van der Waals surface area contributed by atoms with E-state index in [0.717, 1.165) is 42.6 Å². The minimum Gasteiger partial charge on any atom is -0.481 e. The lowest BCUT2D eigenvalue weighted by atomic mass is 9.49. The summed E-state index contributed by atoms with van der Waals surface area (Å²) in [5.41, 5.74) is 15.1. The predicted molar refractivity (Wildman–Crippen MR) is 204 cm³/mol. The summed E-state index contributed by atoms with van der Waals surface area (Å²) < 4.78 is 49.4. The molecule has 13 nitrogen and oxygen atoms in total. The number of benzene rings is 1. The molecule has 4 heterocycles. The maximum atomic E-state index is 15.0. The number of nitrogens with zero attached hydrogens (tertiary/aromatic N) is 6. The van der Waals surface area contributed by atoms with E-state index in [9.17, 15) is 22.8 Å². The molecular weight excluding hydrogens is 726 g/mol. The zero-order valence-electron chi connectivity index (χ0n) is 31.4. The first-order chi connectivity index (χ1) is 26.9. The molecule has 3 aromatic heterocycles. The molecule has 4 saturated carbocycles. The van der Waals surface area contributed by atoms with Crippen LogP contribution in [-0.2, 0) is 16.1 Å². The van der Waals surface area contributed by atoms with Gasteiger partial charge in [-0.25, -0.2) is 28.1 Å². The Bertz CT molecular complexity index is 2060. The fraction of sp³-hybridized carbons (Fsp3) is 0.550. The Morgan fingerprint density at radius 2 is 1.71 bits per heavy atom. The Labute approximate surface area is 323 Å². The Balaban J connectivity index is 0.918. The van der Waals surface area contributed by atoms with E-state index >= 15 is 0 Å². The first-order valence-corrected chi connectivity index (χ1v) is 19.6. The molecule has 1 aromatic carbocycles. The van der Waals surface area contributed by atoms with Crippen LogP contribution in [0.5, 0.6) is 5.75 Å². The second kappa shape index (κ2) is 15.5. The van der Waals surface area contributed by atoms with Crippen molar-refractivity contribution >= 4 is 34.5 Å². The van der Waals surface area contributed by atoms with Crippen molar-refractivity contribution < 1.29 is 27.5 Å².